The van der Waals surface area contributed by atoms with E-state index < -0.39 is 0 Å². The lowest BCUT2D eigenvalue weighted by molar-refractivity contribution is -0.0188. The summed E-state index contributed by atoms with van der Waals surface area (Å²) in [4.78, 5) is 13.4. The first-order chi connectivity index (χ1) is 7.33. The molecule has 15 heavy (non-hydrogen) atoms. The first-order valence-electron chi connectivity index (χ1n) is 4.73. The summed E-state index contributed by atoms with van der Waals surface area (Å²) in [6.45, 7) is 1.21. The fraction of sp³-hybridized carbons (Fsp3) is 0.556. The molecule has 2 rings (SSSR count). The van der Waals surface area contributed by atoms with Gasteiger partial charge in [-0.15, -0.1) is 0 Å². The van der Waals surface area contributed by atoms with Gasteiger partial charge in [-0.2, -0.15) is 0 Å². The van der Waals surface area contributed by atoms with E-state index in [0.29, 0.717) is 19.8 Å². The maximum Gasteiger partial charge on any atom is 0.276 e. The molecule has 0 spiro atoms. The van der Waals surface area contributed by atoms with Crippen molar-refractivity contribution in [3.05, 3.63) is 18.0 Å². The van der Waals surface area contributed by atoms with Crippen molar-refractivity contribution >= 4 is 5.91 Å². The number of amides is 1. The molecule has 0 saturated carbocycles. The highest BCUT2D eigenvalue weighted by atomic mass is 16.5. The summed E-state index contributed by atoms with van der Waals surface area (Å²) in [6, 6.07) is 1.22. The van der Waals surface area contributed by atoms with Crippen LogP contribution in [-0.4, -0.2) is 53.5 Å². The third-order valence-electron chi connectivity index (χ3n) is 2.36. The summed E-state index contributed by atoms with van der Waals surface area (Å²) in [5, 5.41) is 12.7. The van der Waals surface area contributed by atoms with Crippen molar-refractivity contribution in [2.24, 2.45) is 0 Å². The largest absolute Gasteiger partial charge is 0.394 e. The zero-order chi connectivity index (χ0) is 10.7. The first kappa shape index (κ1) is 10.1. The van der Waals surface area contributed by atoms with Gasteiger partial charge in [0.15, 0.2) is 5.69 Å². The van der Waals surface area contributed by atoms with Crippen molar-refractivity contribution in [1.29, 1.82) is 0 Å². The summed E-state index contributed by atoms with van der Waals surface area (Å²) >= 11 is 0. The van der Waals surface area contributed by atoms with Gasteiger partial charge in [0, 0.05) is 12.6 Å². The number of morpholine rings is 1. The minimum absolute atomic E-state index is 0.108. The molecule has 0 bridgehead atoms. The Bertz CT molecular complexity index is 325. The SMILES string of the molecule is O=C(c1ccon1)N1CCOCC1CO. The monoisotopic (exact) mass is 212 g/mol. The lowest BCUT2D eigenvalue weighted by Gasteiger charge is -2.33. The minimum atomic E-state index is -0.289. The van der Waals surface area contributed by atoms with Gasteiger partial charge >= 0.3 is 0 Å². The summed E-state index contributed by atoms with van der Waals surface area (Å²) in [7, 11) is 0. The topological polar surface area (TPSA) is 75.8 Å². The molecule has 1 fully saturated rings. The number of carbonyl (C=O) groups excluding carboxylic acids is 1. The molecular weight excluding hydrogens is 200 g/mol. The molecule has 82 valence electrons. The zero-order valence-electron chi connectivity index (χ0n) is 8.13. The van der Waals surface area contributed by atoms with Gasteiger partial charge < -0.3 is 19.3 Å². The van der Waals surface area contributed by atoms with Gasteiger partial charge in [-0.3, -0.25) is 4.79 Å². The second-order valence-electron chi connectivity index (χ2n) is 3.29. The second kappa shape index (κ2) is 4.41. The lowest BCUT2D eigenvalue weighted by atomic mass is 10.2. The number of carbonyl (C=O) groups is 1. The van der Waals surface area contributed by atoms with E-state index in [0.717, 1.165) is 0 Å². The van der Waals surface area contributed by atoms with Crippen LogP contribution in [-0.2, 0) is 4.74 Å². The van der Waals surface area contributed by atoms with Crippen LogP contribution in [0, 0.1) is 0 Å². The van der Waals surface area contributed by atoms with Crippen LogP contribution in [0.25, 0.3) is 0 Å². The highest BCUT2D eigenvalue weighted by Gasteiger charge is 2.28. The standard InChI is InChI=1S/C9H12N2O4/c12-5-7-6-14-4-2-11(7)9(13)8-1-3-15-10-8/h1,3,7,12H,2,4-6H2. The molecule has 1 unspecified atom stereocenters. The Morgan fingerprint density at radius 3 is 3.27 bits per heavy atom. The van der Waals surface area contributed by atoms with Crippen LogP contribution in [0.4, 0.5) is 0 Å². The molecule has 1 aromatic heterocycles. The van der Waals surface area contributed by atoms with Gasteiger partial charge in [0.25, 0.3) is 5.91 Å². The molecule has 0 aromatic carbocycles. The Morgan fingerprint density at radius 2 is 2.60 bits per heavy atom. The average molecular weight is 212 g/mol. The van der Waals surface area contributed by atoms with Crippen LogP contribution in [0.3, 0.4) is 0 Å². The van der Waals surface area contributed by atoms with Gasteiger partial charge in [0.2, 0.25) is 0 Å². The van der Waals surface area contributed by atoms with E-state index in [1.165, 1.54) is 12.3 Å². The van der Waals surface area contributed by atoms with E-state index in [1.807, 2.05) is 0 Å². The molecule has 2 heterocycles. The van der Waals surface area contributed by atoms with Crippen LogP contribution >= 0.6 is 0 Å². The van der Waals surface area contributed by atoms with E-state index >= 15 is 0 Å². The normalized spacial score (nSPS) is 21.7. The van der Waals surface area contributed by atoms with Crippen molar-refractivity contribution in [2.45, 2.75) is 6.04 Å². The van der Waals surface area contributed by atoms with Gasteiger partial charge in [-0.05, 0) is 0 Å². The lowest BCUT2D eigenvalue weighted by Crippen LogP contribution is -2.50. The fourth-order valence-electron chi connectivity index (χ4n) is 1.54. The number of nitrogens with zero attached hydrogens (tertiary/aromatic N) is 2. The highest BCUT2D eigenvalue weighted by molar-refractivity contribution is 5.92. The summed E-state index contributed by atoms with van der Waals surface area (Å²) in [5.74, 6) is -0.230. The van der Waals surface area contributed by atoms with Crippen molar-refractivity contribution in [1.82, 2.24) is 10.1 Å². The number of rotatable bonds is 2. The number of aliphatic hydroxyl groups is 1. The number of aliphatic hydroxyl groups excluding tert-OH is 1. The Balaban J connectivity index is 2.11. The second-order valence-corrected chi connectivity index (χ2v) is 3.29. The zero-order valence-corrected chi connectivity index (χ0v) is 8.13. The van der Waals surface area contributed by atoms with E-state index in [2.05, 4.69) is 9.68 Å². The highest BCUT2D eigenvalue weighted by Crippen LogP contribution is 2.10. The molecule has 0 aliphatic carbocycles. The number of hydrogen-bond acceptors (Lipinski definition) is 5. The number of ether oxygens (including phenoxy) is 1. The van der Waals surface area contributed by atoms with Crippen molar-refractivity contribution in [3.8, 4) is 0 Å². The van der Waals surface area contributed by atoms with Gasteiger partial charge in [-0.1, -0.05) is 5.16 Å². The Labute approximate surface area is 86.4 Å². The predicted molar refractivity (Wildman–Crippen MR) is 49.2 cm³/mol. The van der Waals surface area contributed by atoms with E-state index in [1.54, 1.807) is 4.90 Å². The average Bonchev–Trinajstić information content (AvgIpc) is 2.81. The predicted octanol–water partition coefficient (Wildman–Crippen LogP) is -0.492. The fourth-order valence-corrected chi connectivity index (χ4v) is 1.54. The minimum Gasteiger partial charge on any atom is -0.394 e. The quantitative estimate of drug-likeness (QED) is 0.715. The van der Waals surface area contributed by atoms with Crippen molar-refractivity contribution < 1.29 is 19.2 Å². The maximum absolute atomic E-state index is 11.9. The Morgan fingerprint density at radius 1 is 1.73 bits per heavy atom. The third-order valence-corrected chi connectivity index (χ3v) is 2.36. The molecule has 6 nitrogen and oxygen atoms in total. The molecule has 1 amide bonds. The van der Waals surface area contributed by atoms with Crippen LogP contribution in [0.1, 0.15) is 10.5 Å². The summed E-state index contributed by atoms with van der Waals surface area (Å²) in [5.41, 5.74) is 0.260. The Hall–Kier alpha value is -1.40. The maximum atomic E-state index is 11.9. The molecule has 1 aromatic rings. The van der Waals surface area contributed by atoms with Gasteiger partial charge in [0.1, 0.15) is 6.26 Å². The van der Waals surface area contributed by atoms with E-state index in [4.69, 9.17) is 9.84 Å². The van der Waals surface area contributed by atoms with Gasteiger partial charge in [-0.25, -0.2) is 0 Å². The van der Waals surface area contributed by atoms with Crippen LogP contribution < -0.4 is 0 Å². The summed E-state index contributed by atoms with van der Waals surface area (Å²) < 4.78 is 9.78. The summed E-state index contributed by atoms with van der Waals surface area (Å²) in [6.07, 6.45) is 1.35. The molecule has 1 aliphatic rings. The van der Waals surface area contributed by atoms with Crippen molar-refractivity contribution in [3.63, 3.8) is 0 Å². The molecule has 1 aliphatic heterocycles. The molecular formula is C9H12N2O4. The molecule has 0 radical (unpaired) electrons. The molecule has 1 N–H and O–H groups in total. The Kier molecular flexibility index (Phi) is 2.98. The molecule has 1 saturated heterocycles. The smallest absolute Gasteiger partial charge is 0.276 e. The van der Waals surface area contributed by atoms with Crippen molar-refractivity contribution in [2.75, 3.05) is 26.4 Å². The number of aromatic nitrogens is 1. The van der Waals surface area contributed by atoms with Crippen LogP contribution in [0.15, 0.2) is 16.9 Å². The first-order valence-corrected chi connectivity index (χ1v) is 4.73. The van der Waals surface area contributed by atoms with E-state index in [-0.39, 0.29) is 24.2 Å². The van der Waals surface area contributed by atoms with Crippen LogP contribution in [0.5, 0.6) is 0 Å². The number of hydrogen-bond donors (Lipinski definition) is 1. The van der Waals surface area contributed by atoms with E-state index in [9.17, 15) is 4.79 Å². The molecule has 1 atom stereocenters. The third kappa shape index (κ3) is 2.00. The van der Waals surface area contributed by atoms with Crippen LogP contribution in [0.2, 0.25) is 0 Å². The molecule has 6 heteroatoms. The van der Waals surface area contributed by atoms with Gasteiger partial charge in [0.05, 0.1) is 25.9 Å².